The van der Waals surface area contributed by atoms with Crippen molar-refractivity contribution >= 4 is 0 Å². The van der Waals surface area contributed by atoms with Gasteiger partial charge in [-0.05, 0) is 12.0 Å². The van der Waals surface area contributed by atoms with Crippen molar-refractivity contribution in [2.45, 2.75) is 11.8 Å². The lowest BCUT2D eigenvalue weighted by molar-refractivity contribution is 0.849. The SMILES string of the molecule is N#C[C@@H]1C[C@@]1(C#N)c1ccccc1. The van der Waals surface area contributed by atoms with Crippen LogP contribution in [0.4, 0.5) is 0 Å². The van der Waals surface area contributed by atoms with E-state index >= 15 is 0 Å². The summed E-state index contributed by atoms with van der Waals surface area (Å²) >= 11 is 0. The Morgan fingerprint density at radius 2 is 1.92 bits per heavy atom. The van der Waals surface area contributed by atoms with Crippen LogP contribution in [-0.4, -0.2) is 0 Å². The van der Waals surface area contributed by atoms with E-state index in [1.54, 1.807) is 0 Å². The average molecular weight is 168 g/mol. The molecule has 0 unspecified atom stereocenters. The molecule has 2 nitrogen and oxygen atoms in total. The minimum Gasteiger partial charge on any atom is -0.198 e. The molecule has 0 radical (unpaired) electrons. The first-order valence-corrected chi connectivity index (χ1v) is 4.20. The molecule has 1 aromatic carbocycles. The zero-order valence-corrected chi connectivity index (χ0v) is 7.07. The maximum atomic E-state index is 9.01. The molecule has 62 valence electrons. The van der Waals surface area contributed by atoms with Crippen molar-refractivity contribution in [2.75, 3.05) is 0 Å². The van der Waals surface area contributed by atoms with Crippen molar-refractivity contribution in [3.8, 4) is 12.1 Å². The van der Waals surface area contributed by atoms with E-state index in [0.29, 0.717) is 6.42 Å². The van der Waals surface area contributed by atoms with Crippen molar-refractivity contribution in [1.82, 2.24) is 0 Å². The number of benzene rings is 1. The summed E-state index contributed by atoms with van der Waals surface area (Å²) in [7, 11) is 0. The van der Waals surface area contributed by atoms with Gasteiger partial charge in [0.1, 0.15) is 0 Å². The molecule has 2 rings (SSSR count). The van der Waals surface area contributed by atoms with Crippen molar-refractivity contribution in [3.63, 3.8) is 0 Å². The minimum atomic E-state index is -0.504. The van der Waals surface area contributed by atoms with Gasteiger partial charge in [-0.1, -0.05) is 30.3 Å². The predicted molar refractivity (Wildman–Crippen MR) is 47.5 cm³/mol. The van der Waals surface area contributed by atoms with Crippen molar-refractivity contribution in [3.05, 3.63) is 35.9 Å². The number of nitriles is 2. The lowest BCUT2D eigenvalue weighted by Gasteiger charge is -2.04. The van der Waals surface area contributed by atoms with Gasteiger partial charge in [0, 0.05) is 0 Å². The van der Waals surface area contributed by atoms with Crippen LogP contribution in [0.2, 0.25) is 0 Å². The number of hydrogen-bond acceptors (Lipinski definition) is 2. The summed E-state index contributed by atoms with van der Waals surface area (Å²) in [6.07, 6.45) is 0.685. The molecule has 1 aromatic rings. The van der Waals surface area contributed by atoms with E-state index < -0.39 is 5.41 Å². The Balaban J connectivity index is 2.39. The Kier molecular flexibility index (Phi) is 1.57. The Labute approximate surface area is 77.0 Å². The van der Waals surface area contributed by atoms with E-state index in [-0.39, 0.29) is 5.92 Å². The molecule has 0 spiro atoms. The molecule has 1 aliphatic rings. The summed E-state index contributed by atoms with van der Waals surface area (Å²) in [5.41, 5.74) is 0.472. The van der Waals surface area contributed by atoms with Gasteiger partial charge in [-0.3, -0.25) is 0 Å². The molecule has 0 bridgehead atoms. The summed E-state index contributed by atoms with van der Waals surface area (Å²) in [5, 5.41) is 17.7. The number of nitrogens with zero attached hydrogens (tertiary/aromatic N) is 2. The molecule has 0 aliphatic heterocycles. The van der Waals surface area contributed by atoms with E-state index in [2.05, 4.69) is 12.1 Å². The van der Waals surface area contributed by atoms with Gasteiger partial charge in [-0.2, -0.15) is 10.5 Å². The van der Waals surface area contributed by atoms with Gasteiger partial charge in [-0.15, -0.1) is 0 Å². The van der Waals surface area contributed by atoms with Crippen molar-refractivity contribution < 1.29 is 0 Å². The average Bonchev–Trinajstić information content (AvgIpc) is 2.94. The highest BCUT2D eigenvalue weighted by atomic mass is 14.6. The zero-order chi connectivity index (χ0) is 9.31. The van der Waals surface area contributed by atoms with Crippen LogP contribution in [0.15, 0.2) is 30.3 Å². The normalized spacial score (nSPS) is 30.2. The lowest BCUT2D eigenvalue weighted by Crippen LogP contribution is -2.05. The van der Waals surface area contributed by atoms with Gasteiger partial charge in [0.05, 0.1) is 23.5 Å². The molecule has 1 aliphatic carbocycles. The van der Waals surface area contributed by atoms with Crippen molar-refractivity contribution in [1.29, 1.82) is 10.5 Å². The van der Waals surface area contributed by atoms with Crippen LogP contribution in [0.5, 0.6) is 0 Å². The summed E-state index contributed by atoms with van der Waals surface area (Å²) in [4.78, 5) is 0. The largest absolute Gasteiger partial charge is 0.198 e. The van der Waals surface area contributed by atoms with E-state index in [1.807, 2.05) is 30.3 Å². The fraction of sp³-hybridized carbons (Fsp3) is 0.273. The molecular formula is C11H8N2. The van der Waals surface area contributed by atoms with Crippen molar-refractivity contribution in [2.24, 2.45) is 5.92 Å². The van der Waals surface area contributed by atoms with Crippen LogP contribution in [0.1, 0.15) is 12.0 Å². The second kappa shape index (κ2) is 2.61. The first-order valence-electron chi connectivity index (χ1n) is 4.20. The molecule has 13 heavy (non-hydrogen) atoms. The Morgan fingerprint density at radius 1 is 1.23 bits per heavy atom. The standard InChI is InChI=1S/C11H8N2/c12-7-10-6-11(10,8-13)9-4-2-1-3-5-9/h1-5,10H,6H2/t10-,11+/m0/s1. The van der Waals surface area contributed by atoms with Gasteiger partial charge in [0.15, 0.2) is 0 Å². The van der Waals surface area contributed by atoms with E-state index in [9.17, 15) is 0 Å². The Bertz CT molecular complexity index is 396. The number of hydrogen-bond donors (Lipinski definition) is 0. The second-order valence-electron chi connectivity index (χ2n) is 3.33. The molecule has 0 amide bonds. The number of rotatable bonds is 1. The molecule has 2 atom stereocenters. The summed E-state index contributed by atoms with van der Waals surface area (Å²) in [6.45, 7) is 0. The van der Waals surface area contributed by atoms with E-state index in [4.69, 9.17) is 10.5 Å². The molecular weight excluding hydrogens is 160 g/mol. The van der Waals surface area contributed by atoms with Crippen LogP contribution in [0, 0.1) is 28.6 Å². The monoisotopic (exact) mass is 168 g/mol. The summed E-state index contributed by atoms with van der Waals surface area (Å²) in [5.74, 6) is -0.111. The molecule has 1 fully saturated rings. The van der Waals surface area contributed by atoms with Gasteiger partial charge in [0.25, 0.3) is 0 Å². The van der Waals surface area contributed by atoms with Gasteiger partial charge in [-0.25, -0.2) is 0 Å². The minimum absolute atomic E-state index is 0.111. The lowest BCUT2D eigenvalue weighted by atomic mass is 9.95. The maximum Gasteiger partial charge on any atom is 0.0993 e. The predicted octanol–water partition coefficient (Wildman–Crippen LogP) is 1.99. The topological polar surface area (TPSA) is 47.6 Å². The quantitative estimate of drug-likeness (QED) is 0.643. The van der Waals surface area contributed by atoms with Crippen LogP contribution in [-0.2, 0) is 5.41 Å². The summed E-state index contributed by atoms with van der Waals surface area (Å²) in [6, 6.07) is 14.0. The van der Waals surface area contributed by atoms with E-state index in [0.717, 1.165) is 5.56 Å². The molecule has 1 saturated carbocycles. The third-order valence-electron chi connectivity index (χ3n) is 2.61. The highest BCUT2D eigenvalue weighted by Crippen LogP contribution is 2.53. The smallest absolute Gasteiger partial charge is 0.0993 e. The van der Waals surface area contributed by atoms with Gasteiger partial charge in [0.2, 0.25) is 0 Å². The van der Waals surface area contributed by atoms with Crippen LogP contribution in [0.3, 0.4) is 0 Å². The third kappa shape index (κ3) is 0.999. The van der Waals surface area contributed by atoms with Gasteiger partial charge >= 0.3 is 0 Å². The summed E-state index contributed by atoms with van der Waals surface area (Å²) < 4.78 is 0. The molecule has 2 heteroatoms. The first-order chi connectivity index (χ1) is 6.33. The van der Waals surface area contributed by atoms with Gasteiger partial charge < -0.3 is 0 Å². The highest BCUT2D eigenvalue weighted by molar-refractivity contribution is 5.44. The fourth-order valence-corrected chi connectivity index (χ4v) is 1.66. The van der Waals surface area contributed by atoms with Crippen LogP contribution < -0.4 is 0 Å². The second-order valence-corrected chi connectivity index (χ2v) is 3.33. The molecule has 0 heterocycles. The molecule has 0 N–H and O–H groups in total. The highest BCUT2D eigenvalue weighted by Gasteiger charge is 2.56. The first kappa shape index (κ1) is 7.83. The molecule has 0 saturated heterocycles. The van der Waals surface area contributed by atoms with Crippen LogP contribution in [0.25, 0.3) is 0 Å². The van der Waals surface area contributed by atoms with E-state index in [1.165, 1.54) is 0 Å². The Hall–Kier alpha value is -1.80. The third-order valence-corrected chi connectivity index (χ3v) is 2.61. The fourth-order valence-electron chi connectivity index (χ4n) is 1.66. The zero-order valence-electron chi connectivity index (χ0n) is 7.07. The maximum absolute atomic E-state index is 9.01. The molecule has 0 aromatic heterocycles. The van der Waals surface area contributed by atoms with Crippen LogP contribution >= 0.6 is 0 Å². The Morgan fingerprint density at radius 3 is 2.38 bits per heavy atom.